The Morgan fingerprint density at radius 1 is 1.37 bits per heavy atom. The number of rotatable bonds is 2. The maximum absolute atomic E-state index is 5.67. The number of aromatic nitrogens is 2. The monoisotopic (exact) mass is 259 g/mol. The van der Waals surface area contributed by atoms with Crippen LogP contribution in [0.2, 0.25) is 0 Å². The van der Waals surface area contributed by atoms with Crippen LogP contribution in [-0.2, 0) is 11.3 Å². The highest BCUT2D eigenvalue weighted by Crippen LogP contribution is 2.16. The lowest BCUT2D eigenvalue weighted by Gasteiger charge is -2.36. The third-order valence-electron chi connectivity index (χ3n) is 3.85. The minimum atomic E-state index is 0.315. The number of imidazole rings is 1. The van der Waals surface area contributed by atoms with Crippen LogP contribution >= 0.6 is 0 Å². The molecule has 1 fully saturated rings. The minimum Gasteiger partial charge on any atom is -0.376 e. The zero-order valence-electron chi connectivity index (χ0n) is 11.8. The van der Waals surface area contributed by atoms with Gasteiger partial charge in [0.1, 0.15) is 5.65 Å². The Balaban J connectivity index is 1.83. The van der Waals surface area contributed by atoms with Crippen LogP contribution in [0.25, 0.3) is 5.65 Å². The van der Waals surface area contributed by atoms with Crippen LogP contribution in [-0.4, -0.2) is 39.6 Å². The van der Waals surface area contributed by atoms with E-state index in [-0.39, 0.29) is 0 Å². The van der Waals surface area contributed by atoms with Crippen LogP contribution in [0.15, 0.2) is 24.4 Å². The van der Waals surface area contributed by atoms with E-state index in [1.807, 2.05) is 0 Å². The van der Waals surface area contributed by atoms with Crippen molar-refractivity contribution in [1.29, 1.82) is 0 Å². The summed E-state index contributed by atoms with van der Waals surface area (Å²) in [5.41, 5.74) is 3.39. The van der Waals surface area contributed by atoms with E-state index < -0.39 is 0 Å². The Morgan fingerprint density at radius 3 is 3.00 bits per heavy atom. The van der Waals surface area contributed by atoms with Gasteiger partial charge in [-0.15, -0.1) is 0 Å². The van der Waals surface area contributed by atoms with Crippen LogP contribution in [0.5, 0.6) is 0 Å². The molecule has 102 valence electrons. The summed E-state index contributed by atoms with van der Waals surface area (Å²) in [5, 5.41) is 0. The molecule has 1 saturated heterocycles. The molecule has 3 rings (SSSR count). The molecular weight excluding hydrogens is 238 g/mol. The van der Waals surface area contributed by atoms with Gasteiger partial charge < -0.3 is 9.14 Å². The van der Waals surface area contributed by atoms with E-state index >= 15 is 0 Å². The number of hydrogen-bond donors (Lipinski definition) is 0. The Labute approximate surface area is 114 Å². The second kappa shape index (κ2) is 4.94. The topological polar surface area (TPSA) is 29.8 Å². The van der Waals surface area contributed by atoms with Crippen molar-refractivity contribution in [1.82, 2.24) is 14.3 Å². The quantitative estimate of drug-likeness (QED) is 0.828. The fourth-order valence-electron chi connectivity index (χ4n) is 2.68. The van der Waals surface area contributed by atoms with Crippen LogP contribution in [0.4, 0.5) is 0 Å². The molecular formula is C15H21N3O. The number of pyridine rings is 1. The van der Waals surface area contributed by atoms with Crippen LogP contribution in [0.3, 0.4) is 0 Å². The molecule has 0 unspecified atom stereocenters. The van der Waals surface area contributed by atoms with E-state index in [0.29, 0.717) is 12.1 Å². The van der Waals surface area contributed by atoms with E-state index in [1.165, 1.54) is 5.69 Å². The normalized spacial score (nSPS) is 25.0. The van der Waals surface area contributed by atoms with E-state index in [9.17, 15) is 0 Å². The van der Waals surface area contributed by atoms with Crippen molar-refractivity contribution in [3.63, 3.8) is 0 Å². The third-order valence-corrected chi connectivity index (χ3v) is 3.85. The summed E-state index contributed by atoms with van der Waals surface area (Å²) in [5.74, 6) is 0. The first-order valence-electron chi connectivity index (χ1n) is 6.93. The largest absolute Gasteiger partial charge is 0.376 e. The van der Waals surface area contributed by atoms with Gasteiger partial charge in [0.2, 0.25) is 0 Å². The van der Waals surface area contributed by atoms with Gasteiger partial charge in [-0.3, -0.25) is 4.90 Å². The fourth-order valence-corrected chi connectivity index (χ4v) is 2.68. The first-order valence-corrected chi connectivity index (χ1v) is 6.93. The number of hydrogen-bond acceptors (Lipinski definition) is 3. The third kappa shape index (κ3) is 2.51. The predicted octanol–water partition coefficient (Wildman–Crippen LogP) is 2.25. The molecule has 2 atom stereocenters. The molecule has 0 spiro atoms. The van der Waals surface area contributed by atoms with E-state index in [0.717, 1.165) is 31.0 Å². The van der Waals surface area contributed by atoms with Crippen LogP contribution in [0, 0.1) is 6.92 Å². The molecule has 0 aliphatic carbocycles. The molecule has 0 aromatic carbocycles. The average Bonchev–Trinajstić information content (AvgIpc) is 2.78. The maximum Gasteiger partial charge on any atom is 0.137 e. The molecule has 0 bridgehead atoms. The summed E-state index contributed by atoms with van der Waals surface area (Å²) < 4.78 is 7.83. The van der Waals surface area contributed by atoms with Gasteiger partial charge in [0.25, 0.3) is 0 Å². The second-order valence-corrected chi connectivity index (χ2v) is 5.55. The Bertz CT molecular complexity index is 578. The molecule has 19 heavy (non-hydrogen) atoms. The van der Waals surface area contributed by atoms with Crippen molar-refractivity contribution in [3.8, 4) is 0 Å². The number of aryl methyl sites for hydroxylation is 1. The summed E-state index contributed by atoms with van der Waals surface area (Å²) in [6, 6.07) is 6.68. The van der Waals surface area contributed by atoms with E-state index in [2.05, 4.69) is 54.5 Å². The highest BCUT2D eigenvalue weighted by Gasteiger charge is 2.24. The molecule has 2 aromatic heterocycles. The highest BCUT2D eigenvalue weighted by atomic mass is 16.5. The molecule has 2 aromatic rings. The van der Waals surface area contributed by atoms with Crippen molar-refractivity contribution < 1.29 is 4.74 Å². The Morgan fingerprint density at radius 2 is 2.21 bits per heavy atom. The first-order chi connectivity index (χ1) is 9.13. The number of morpholine rings is 1. The van der Waals surface area contributed by atoms with Gasteiger partial charge in [0, 0.05) is 31.0 Å². The predicted molar refractivity (Wildman–Crippen MR) is 75.2 cm³/mol. The lowest BCUT2D eigenvalue weighted by Crippen LogP contribution is -2.46. The first kappa shape index (κ1) is 12.6. The Kier molecular flexibility index (Phi) is 3.29. The van der Waals surface area contributed by atoms with Crippen molar-refractivity contribution >= 4 is 5.65 Å². The van der Waals surface area contributed by atoms with E-state index in [4.69, 9.17) is 9.72 Å². The SMILES string of the molecule is Cc1cccc2nc(CN3C[C@H](C)OC[C@H]3C)cn12. The number of ether oxygens (including phenoxy) is 1. The smallest absolute Gasteiger partial charge is 0.137 e. The molecule has 3 heterocycles. The van der Waals surface area contributed by atoms with E-state index in [1.54, 1.807) is 0 Å². The summed E-state index contributed by atoms with van der Waals surface area (Å²) in [7, 11) is 0. The lowest BCUT2D eigenvalue weighted by molar-refractivity contribution is -0.0530. The van der Waals surface area contributed by atoms with Gasteiger partial charge in [0.15, 0.2) is 0 Å². The van der Waals surface area contributed by atoms with Crippen molar-refractivity contribution in [2.24, 2.45) is 0 Å². The van der Waals surface area contributed by atoms with Crippen molar-refractivity contribution in [3.05, 3.63) is 35.8 Å². The van der Waals surface area contributed by atoms with Crippen molar-refractivity contribution in [2.45, 2.75) is 39.5 Å². The van der Waals surface area contributed by atoms with Gasteiger partial charge in [-0.1, -0.05) is 6.07 Å². The van der Waals surface area contributed by atoms with Gasteiger partial charge in [-0.05, 0) is 32.9 Å². The standard InChI is InChI=1S/C15H21N3O/c1-11-5-4-6-15-16-14(9-18(11)15)8-17-7-13(3)19-10-12(17)2/h4-6,9,12-13H,7-8,10H2,1-3H3/t12-,13+/m1/s1. The molecule has 4 nitrogen and oxygen atoms in total. The average molecular weight is 259 g/mol. The minimum absolute atomic E-state index is 0.315. The van der Waals surface area contributed by atoms with Gasteiger partial charge in [0.05, 0.1) is 18.4 Å². The number of nitrogens with zero attached hydrogens (tertiary/aromatic N) is 3. The molecule has 1 aliphatic heterocycles. The van der Waals surface area contributed by atoms with Gasteiger partial charge in [-0.25, -0.2) is 4.98 Å². The number of fused-ring (bicyclic) bond motifs is 1. The molecule has 4 heteroatoms. The molecule has 0 radical (unpaired) electrons. The van der Waals surface area contributed by atoms with Gasteiger partial charge in [-0.2, -0.15) is 0 Å². The summed E-state index contributed by atoms with van der Waals surface area (Å²) >= 11 is 0. The molecule has 0 amide bonds. The Hall–Kier alpha value is -1.39. The zero-order chi connectivity index (χ0) is 13.4. The van der Waals surface area contributed by atoms with Crippen LogP contribution in [0.1, 0.15) is 25.2 Å². The molecule has 0 N–H and O–H groups in total. The lowest BCUT2D eigenvalue weighted by atomic mass is 10.2. The zero-order valence-corrected chi connectivity index (χ0v) is 11.8. The summed E-state index contributed by atoms with van der Waals surface area (Å²) in [6.45, 7) is 9.15. The van der Waals surface area contributed by atoms with Crippen molar-refractivity contribution in [2.75, 3.05) is 13.2 Å². The molecule has 1 aliphatic rings. The van der Waals surface area contributed by atoms with Gasteiger partial charge >= 0.3 is 0 Å². The highest BCUT2D eigenvalue weighted by molar-refractivity contribution is 5.41. The second-order valence-electron chi connectivity index (χ2n) is 5.55. The summed E-state index contributed by atoms with van der Waals surface area (Å²) in [6.07, 6.45) is 2.47. The van der Waals surface area contributed by atoms with Crippen LogP contribution < -0.4 is 0 Å². The fraction of sp³-hybridized carbons (Fsp3) is 0.533. The summed E-state index contributed by atoms with van der Waals surface area (Å²) in [4.78, 5) is 7.16. The molecule has 0 saturated carbocycles. The maximum atomic E-state index is 5.67.